The summed E-state index contributed by atoms with van der Waals surface area (Å²) in [7, 11) is 0. The molecule has 0 unspecified atom stereocenters. The average molecular weight is 408 g/mol. The number of benzene rings is 2. The Kier molecular flexibility index (Phi) is 6.77. The summed E-state index contributed by atoms with van der Waals surface area (Å²) in [5, 5.41) is 3.15. The lowest BCUT2D eigenvalue weighted by Gasteiger charge is -2.19. The minimum absolute atomic E-state index is 0.244. The summed E-state index contributed by atoms with van der Waals surface area (Å²) in [6, 6.07) is 14.3. The topological polar surface area (TPSA) is 67.9 Å². The molecule has 0 saturated carbocycles. The maximum atomic E-state index is 13.1. The maximum Gasteiger partial charge on any atom is 0.278 e. The Hall–Kier alpha value is -3.28. The Morgan fingerprint density at radius 1 is 0.867 bits per heavy atom. The van der Waals surface area contributed by atoms with Crippen LogP contribution in [0.4, 0.5) is 5.69 Å². The molecule has 1 heterocycles. The van der Waals surface area contributed by atoms with Crippen LogP contribution in [0.5, 0.6) is 11.5 Å². The van der Waals surface area contributed by atoms with Crippen molar-refractivity contribution in [3.05, 3.63) is 59.8 Å². The molecular formula is C24H28N2O4. The van der Waals surface area contributed by atoms with Gasteiger partial charge in [0.25, 0.3) is 11.8 Å². The molecule has 1 N–H and O–H groups in total. The summed E-state index contributed by atoms with van der Waals surface area (Å²) in [5.41, 5.74) is 2.03. The molecular weight excluding hydrogens is 380 g/mol. The summed E-state index contributed by atoms with van der Waals surface area (Å²) < 4.78 is 11.1. The van der Waals surface area contributed by atoms with Crippen molar-refractivity contribution in [3.63, 3.8) is 0 Å². The van der Waals surface area contributed by atoms with Gasteiger partial charge in [0.2, 0.25) is 0 Å². The number of nitrogens with zero attached hydrogens (tertiary/aromatic N) is 1. The van der Waals surface area contributed by atoms with Crippen LogP contribution >= 0.6 is 0 Å². The molecule has 3 rings (SSSR count). The van der Waals surface area contributed by atoms with E-state index in [0.29, 0.717) is 30.0 Å². The van der Waals surface area contributed by atoms with Gasteiger partial charge in [0.15, 0.2) is 0 Å². The van der Waals surface area contributed by atoms with Gasteiger partial charge in [-0.1, -0.05) is 19.1 Å². The fourth-order valence-electron chi connectivity index (χ4n) is 3.28. The molecule has 30 heavy (non-hydrogen) atoms. The van der Waals surface area contributed by atoms with E-state index in [1.54, 1.807) is 0 Å². The van der Waals surface area contributed by atoms with Gasteiger partial charge in [-0.15, -0.1) is 0 Å². The molecule has 0 fully saturated rings. The number of carbonyl (C=O) groups excluding carboxylic acids is 2. The lowest BCUT2D eigenvalue weighted by Crippen LogP contribution is -2.38. The van der Waals surface area contributed by atoms with Gasteiger partial charge in [-0.3, -0.25) is 14.5 Å². The Labute approximate surface area is 177 Å². The fourth-order valence-corrected chi connectivity index (χ4v) is 3.28. The third-order valence-corrected chi connectivity index (χ3v) is 4.68. The molecule has 2 aromatic carbocycles. The van der Waals surface area contributed by atoms with Gasteiger partial charge in [0.05, 0.1) is 18.8 Å². The monoisotopic (exact) mass is 408 g/mol. The van der Waals surface area contributed by atoms with Crippen LogP contribution in [-0.4, -0.2) is 36.0 Å². The molecule has 0 bridgehead atoms. The molecule has 1 aliphatic rings. The second-order valence-electron chi connectivity index (χ2n) is 7.28. The first kappa shape index (κ1) is 21.4. The molecule has 0 spiro atoms. The largest absolute Gasteiger partial charge is 0.494 e. The zero-order chi connectivity index (χ0) is 21.7. The Morgan fingerprint density at radius 3 is 2.03 bits per heavy atom. The fraction of sp³-hybridized carbons (Fsp3) is 0.333. The van der Waals surface area contributed by atoms with Crippen molar-refractivity contribution >= 4 is 23.1 Å². The minimum atomic E-state index is -0.329. The zero-order valence-electron chi connectivity index (χ0n) is 17.9. The molecule has 0 aromatic heterocycles. The van der Waals surface area contributed by atoms with Crippen LogP contribution in [0, 0.1) is 0 Å². The van der Waals surface area contributed by atoms with Crippen molar-refractivity contribution in [1.82, 2.24) is 4.90 Å². The number of rotatable bonds is 9. The number of ether oxygens (including phenoxy) is 2. The maximum absolute atomic E-state index is 13.1. The number of anilines is 1. The van der Waals surface area contributed by atoms with Crippen LogP contribution < -0.4 is 14.8 Å². The van der Waals surface area contributed by atoms with Crippen LogP contribution in [-0.2, 0) is 9.59 Å². The van der Waals surface area contributed by atoms with E-state index in [9.17, 15) is 9.59 Å². The van der Waals surface area contributed by atoms with Gasteiger partial charge in [-0.25, -0.2) is 0 Å². The minimum Gasteiger partial charge on any atom is -0.494 e. The first-order chi connectivity index (χ1) is 14.5. The van der Waals surface area contributed by atoms with Gasteiger partial charge in [-0.2, -0.15) is 0 Å². The standard InChI is InChI=1S/C24H28N2O4/c1-5-15-30-20-11-7-17(8-12-20)21-22(24(28)26(16(3)4)23(21)27)25-18-9-13-19(14-10-18)29-6-2/h7-14,16,25H,5-6,15H2,1-4H3. The van der Waals surface area contributed by atoms with Gasteiger partial charge in [-0.05, 0) is 69.2 Å². The van der Waals surface area contributed by atoms with Crippen LogP contribution in [0.3, 0.4) is 0 Å². The summed E-state index contributed by atoms with van der Waals surface area (Å²) >= 11 is 0. The van der Waals surface area contributed by atoms with Crippen molar-refractivity contribution < 1.29 is 19.1 Å². The zero-order valence-corrected chi connectivity index (χ0v) is 17.9. The van der Waals surface area contributed by atoms with Crippen molar-refractivity contribution in [2.24, 2.45) is 0 Å². The molecule has 1 aliphatic heterocycles. The molecule has 0 radical (unpaired) electrons. The van der Waals surface area contributed by atoms with Crippen molar-refractivity contribution in [1.29, 1.82) is 0 Å². The van der Waals surface area contributed by atoms with Gasteiger partial charge >= 0.3 is 0 Å². The highest BCUT2D eigenvalue weighted by Crippen LogP contribution is 2.32. The molecule has 0 aliphatic carbocycles. The average Bonchev–Trinajstić information content (AvgIpc) is 2.98. The van der Waals surface area contributed by atoms with Gasteiger partial charge < -0.3 is 14.8 Å². The van der Waals surface area contributed by atoms with E-state index in [1.165, 1.54) is 4.90 Å². The van der Waals surface area contributed by atoms with Crippen molar-refractivity contribution in [3.8, 4) is 11.5 Å². The predicted octanol–water partition coefficient (Wildman–Crippen LogP) is 4.47. The van der Waals surface area contributed by atoms with Crippen LogP contribution in [0.2, 0.25) is 0 Å². The Balaban J connectivity index is 1.95. The smallest absolute Gasteiger partial charge is 0.278 e. The van der Waals surface area contributed by atoms with Crippen LogP contribution in [0.25, 0.3) is 5.57 Å². The van der Waals surface area contributed by atoms with Gasteiger partial charge in [0.1, 0.15) is 17.2 Å². The first-order valence-corrected chi connectivity index (χ1v) is 10.3. The van der Waals surface area contributed by atoms with Crippen LogP contribution in [0.15, 0.2) is 54.2 Å². The molecule has 0 atom stereocenters. The normalized spacial score (nSPS) is 14.0. The Morgan fingerprint density at radius 2 is 1.47 bits per heavy atom. The van der Waals surface area contributed by atoms with Crippen molar-refractivity contribution in [2.75, 3.05) is 18.5 Å². The molecule has 6 heteroatoms. The molecule has 2 aromatic rings. The molecule has 0 saturated heterocycles. The highest BCUT2D eigenvalue weighted by molar-refractivity contribution is 6.36. The third kappa shape index (κ3) is 4.48. The number of imide groups is 1. The number of hydrogen-bond acceptors (Lipinski definition) is 5. The van der Waals surface area contributed by atoms with Gasteiger partial charge in [0, 0.05) is 11.7 Å². The molecule has 158 valence electrons. The SMILES string of the molecule is CCCOc1ccc(C2=C(Nc3ccc(OCC)cc3)C(=O)N(C(C)C)C2=O)cc1. The molecule has 6 nitrogen and oxygen atoms in total. The quantitative estimate of drug-likeness (QED) is 0.620. The number of hydrogen-bond donors (Lipinski definition) is 1. The summed E-state index contributed by atoms with van der Waals surface area (Å²) in [5.74, 6) is 0.855. The second-order valence-corrected chi connectivity index (χ2v) is 7.28. The van der Waals surface area contributed by atoms with E-state index >= 15 is 0 Å². The van der Waals surface area contributed by atoms with E-state index in [1.807, 2.05) is 76.2 Å². The summed E-state index contributed by atoms with van der Waals surface area (Å²) in [6.45, 7) is 8.83. The third-order valence-electron chi connectivity index (χ3n) is 4.68. The Bertz CT molecular complexity index is 931. The number of carbonyl (C=O) groups is 2. The highest BCUT2D eigenvalue weighted by Gasteiger charge is 2.40. The summed E-state index contributed by atoms with van der Waals surface area (Å²) in [6.07, 6.45) is 0.916. The second kappa shape index (κ2) is 9.48. The van der Waals surface area contributed by atoms with E-state index in [2.05, 4.69) is 5.32 Å². The van der Waals surface area contributed by atoms with E-state index in [4.69, 9.17) is 9.47 Å². The first-order valence-electron chi connectivity index (χ1n) is 10.3. The van der Waals surface area contributed by atoms with Crippen LogP contribution in [0.1, 0.15) is 39.7 Å². The van der Waals surface area contributed by atoms with E-state index in [0.717, 1.165) is 17.9 Å². The predicted molar refractivity (Wildman–Crippen MR) is 117 cm³/mol. The van der Waals surface area contributed by atoms with E-state index < -0.39 is 0 Å². The number of nitrogens with one attached hydrogen (secondary N) is 1. The molecule has 2 amide bonds. The lowest BCUT2D eigenvalue weighted by atomic mass is 10.0. The van der Waals surface area contributed by atoms with E-state index in [-0.39, 0.29) is 23.6 Å². The van der Waals surface area contributed by atoms with Crippen molar-refractivity contribution in [2.45, 2.75) is 40.2 Å². The highest BCUT2D eigenvalue weighted by atomic mass is 16.5. The lowest BCUT2D eigenvalue weighted by molar-refractivity contribution is -0.138. The summed E-state index contributed by atoms with van der Waals surface area (Å²) in [4.78, 5) is 27.5. The number of amides is 2.